The molecule has 0 saturated carbocycles. The van der Waals surface area contributed by atoms with Crippen molar-refractivity contribution >= 4 is 0 Å². The second-order valence-corrected chi connectivity index (χ2v) is 4.62. The molecule has 0 aromatic heterocycles. The minimum atomic E-state index is -2.76. The van der Waals surface area contributed by atoms with E-state index < -0.39 is 6.61 Å². The standard InChI is InChI=1S/C13H18F2N2O/c1-10-8-17(6-5-16-10)9-11-3-2-4-12(7-11)18-13(14)15/h2-4,7,10,13,16H,5-6,8-9H2,1H3. The Hall–Kier alpha value is -1.20. The number of hydrogen-bond acceptors (Lipinski definition) is 3. The van der Waals surface area contributed by atoms with E-state index in [9.17, 15) is 8.78 Å². The summed E-state index contributed by atoms with van der Waals surface area (Å²) < 4.78 is 28.6. The fourth-order valence-corrected chi connectivity index (χ4v) is 2.23. The van der Waals surface area contributed by atoms with E-state index in [4.69, 9.17) is 0 Å². The smallest absolute Gasteiger partial charge is 0.387 e. The molecule has 1 saturated heterocycles. The molecule has 5 heteroatoms. The van der Waals surface area contributed by atoms with Crippen molar-refractivity contribution in [2.24, 2.45) is 0 Å². The van der Waals surface area contributed by atoms with Gasteiger partial charge in [-0.2, -0.15) is 8.78 Å². The topological polar surface area (TPSA) is 24.5 Å². The number of nitrogens with zero attached hydrogens (tertiary/aromatic N) is 1. The SMILES string of the molecule is CC1CN(Cc2cccc(OC(F)F)c2)CCN1. The van der Waals surface area contributed by atoms with Crippen molar-refractivity contribution in [1.82, 2.24) is 10.2 Å². The van der Waals surface area contributed by atoms with E-state index in [0.717, 1.165) is 31.7 Å². The lowest BCUT2D eigenvalue weighted by atomic mass is 10.1. The molecule has 1 aromatic rings. The van der Waals surface area contributed by atoms with Crippen LogP contribution in [0.15, 0.2) is 24.3 Å². The summed E-state index contributed by atoms with van der Waals surface area (Å²) in [5.74, 6) is 0.227. The van der Waals surface area contributed by atoms with Gasteiger partial charge in [0, 0.05) is 32.2 Å². The number of ether oxygens (including phenoxy) is 1. The Kier molecular flexibility index (Phi) is 4.49. The van der Waals surface area contributed by atoms with Crippen molar-refractivity contribution in [3.8, 4) is 5.75 Å². The Morgan fingerprint density at radius 1 is 1.50 bits per heavy atom. The second kappa shape index (κ2) is 6.11. The van der Waals surface area contributed by atoms with Crippen molar-refractivity contribution in [2.45, 2.75) is 26.1 Å². The third-order valence-corrected chi connectivity index (χ3v) is 2.98. The molecule has 1 atom stereocenters. The third kappa shape index (κ3) is 3.92. The molecule has 1 aliphatic heterocycles. The van der Waals surface area contributed by atoms with Crippen LogP contribution in [-0.2, 0) is 6.54 Å². The van der Waals surface area contributed by atoms with Gasteiger partial charge in [-0.3, -0.25) is 4.90 Å². The van der Waals surface area contributed by atoms with Gasteiger partial charge in [-0.05, 0) is 24.6 Å². The number of nitrogens with one attached hydrogen (secondary N) is 1. The molecule has 0 amide bonds. The van der Waals surface area contributed by atoms with Gasteiger partial charge < -0.3 is 10.1 Å². The van der Waals surface area contributed by atoms with Crippen LogP contribution in [0.2, 0.25) is 0 Å². The minimum absolute atomic E-state index is 0.227. The van der Waals surface area contributed by atoms with Gasteiger partial charge >= 0.3 is 6.61 Å². The number of hydrogen-bond donors (Lipinski definition) is 1. The lowest BCUT2D eigenvalue weighted by Gasteiger charge is -2.31. The fraction of sp³-hybridized carbons (Fsp3) is 0.538. The first kappa shape index (κ1) is 13.2. The van der Waals surface area contributed by atoms with Gasteiger partial charge in [0.15, 0.2) is 0 Å². The van der Waals surface area contributed by atoms with Crippen molar-refractivity contribution < 1.29 is 13.5 Å². The maximum Gasteiger partial charge on any atom is 0.387 e. The Morgan fingerprint density at radius 3 is 3.06 bits per heavy atom. The number of alkyl halides is 2. The first-order chi connectivity index (χ1) is 8.63. The maximum absolute atomic E-state index is 12.1. The lowest BCUT2D eigenvalue weighted by molar-refractivity contribution is -0.0499. The highest BCUT2D eigenvalue weighted by molar-refractivity contribution is 5.28. The molecule has 1 N–H and O–H groups in total. The summed E-state index contributed by atoms with van der Waals surface area (Å²) >= 11 is 0. The molecule has 18 heavy (non-hydrogen) atoms. The van der Waals surface area contributed by atoms with Gasteiger partial charge in [0.2, 0.25) is 0 Å². The number of halogens is 2. The highest BCUT2D eigenvalue weighted by Gasteiger charge is 2.15. The molecule has 1 fully saturated rings. The Balaban J connectivity index is 1.96. The molecule has 0 radical (unpaired) electrons. The van der Waals surface area contributed by atoms with E-state index >= 15 is 0 Å². The van der Waals surface area contributed by atoms with Crippen LogP contribution < -0.4 is 10.1 Å². The van der Waals surface area contributed by atoms with E-state index in [1.807, 2.05) is 6.07 Å². The Morgan fingerprint density at radius 2 is 2.33 bits per heavy atom. The second-order valence-electron chi connectivity index (χ2n) is 4.62. The first-order valence-corrected chi connectivity index (χ1v) is 6.13. The van der Waals surface area contributed by atoms with Crippen molar-refractivity contribution in [3.63, 3.8) is 0 Å². The summed E-state index contributed by atoms with van der Waals surface area (Å²) in [6.45, 7) is 3.06. The molecule has 3 nitrogen and oxygen atoms in total. The molecular formula is C13H18F2N2O. The van der Waals surface area contributed by atoms with Crippen LogP contribution >= 0.6 is 0 Å². The number of benzene rings is 1. The van der Waals surface area contributed by atoms with Crippen molar-refractivity contribution in [2.75, 3.05) is 19.6 Å². The van der Waals surface area contributed by atoms with Crippen LogP contribution in [0.3, 0.4) is 0 Å². The molecule has 1 aliphatic rings. The predicted octanol–water partition coefficient (Wildman–Crippen LogP) is 2.08. The van der Waals surface area contributed by atoms with Gasteiger partial charge in [0.1, 0.15) is 5.75 Å². The van der Waals surface area contributed by atoms with Gasteiger partial charge in [-0.25, -0.2) is 0 Å². The lowest BCUT2D eigenvalue weighted by Crippen LogP contribution is -2.48. The summed E-state index contributed by atoms with van der Waals surface area (Å²) in [5, 5.41) is 3.37. The molecule has 1 aromatic carbocycles. The zero-order valence-electron chi connectivity index (χ0n) is 10.4. The van der Waals surface area contributed by atoms with Crippen LogP contribution in [0, 0.1) is 0 Å². The molecular weight excluding hydrogens is 238 g/mol. The predicted molar refractivity (Wildman–Crippen MR) is 65.8 cm³/mol. The van der Waals surface area contributed by atoms with Crippen molar-refractivity contribution in [1.29, 1.82) is 0 Å². The summed E-state index contributed by atoms with van der Waals surface area (Å²) in [6, 6.07) is 7.39. The average molecular weight is 256 g/mol. The van der Waals surface area contributed by atoms with Crippen LogP contribution in [0.4, 0.5) is 8.78 Å². The van der Waals surface area contributed by atoms with Gasteiger partial charge in [0.25, 0.3) is 0 Å². The average Bonchev–Trinajstić information content (AvgIpc) is 2.28. The summed E-state index contributed by atoms with van der Waals surface area (Å²) in [5.41, 5.74) is 1.00. The van der Waals surface area contributed by atoms with E-state index in [1.165, 1.54) is 0 Å². The molecule has 2 rings (SSSR count). The molecule has 0 aliphatic carbocycles. The van der Waals surface area contributed by atoms with Crippen LogP contribution in [0.5, 0.6) is 5.75 Å². The van der Waals surface area contributed by atoms with Crippen LogP contribution in [-0.4, -0.2) is 37.2 Å². The number of rotatable bonds is 4. The van der Waals surface area contributed by atoms with Crippen LogP contribution in [0.1, 0.15) is 12.5 Å². The third-order valence-electron chi connectivity index (χ3n) is 2.98. The van der Waals surface area contributed by atoms with E-state index in [0.29, 0.717) is 6.04 Å². The summed E-state index contributed by atoms with van der Waals surface area (Å²) in [4.78, 5) is 2.31. The highest BCUT2D eigenvalue weighted by atomic mass is 19.3. The summed E-state index contributed by atoms with van der Waals surface area (Å²) in [6.07, 6.45) is 0. The zero-order valence-corrected chi connectivity index (χ0v) is 10.4. The molecule has 1 unspecified atom stereocenters. The molecule has 0 bridgehead atoms. The Labute approximate surface area is 106 Å². The fourth-order valence-electron chi connectivity index (χ4n) is 2.23. The normalized spacial score (nSPS) is 21.2. The van der Waals surface area contributed by atoms with Crippen molar-refractivity contribution in [3.05, 3.63) is 29.8 Å². The number of piperazine rings is 1. The van der Waals surface area contributed by atoms with E-state index in [1.54, 1.807) is 18.2 Å². The zero-order chi connectivity index (χ0) is 13.0. The van der Waals surface area contributed by atoms with E-state index in [-0.39, 0.29) is 5.75 Å². The quantitative estimate of drug-likeness (QED) is 0.892. The Bertz CT molecular complexity index is 387. The summed E-state index contributed by atoms with van der Waals surface area (Å²) in [7, 11) is 0. The minimum Gasteiger partial charge on any atom is -0.435 e. The van der Waals surface area contributed by atoms with Gasteiger partial charge in [0.05, 0.1) is 0 Å². The molecule has 1 heterocycles. The van der Waals surface area contributed by atoms with Crippen LogP contribution in [0.25, 0.3) is 0 Å². The molecule has 100 valence electrons. The van der Waals surface area contributed by atoms with E-state index in [2.05, 4.69) is 21.9 Å². The van der Waals surface area contributed by atoms with Gasteiger partial charge in [-0.1, -0.05) is 12.1 Å². The first-order valence-electron chi connectivity index (χ1n) is 6.13. The maximum atomic E-state index is 12.1. The monoisotopic (exact) mass is 256 g/mol. The molecule has 0 spiro atoms. The van der Waals surface area contributed by atoms with Gasteiger partial charge in [-0.15, -0.1) is 0 Å². The largest absolute Gasteiger partial charge is 0.435 e. The highest BCUT2D eigenvalue weighted by Crippen LogP contribution is 2.17.